The Morgan fingerprint density at radius 1 is 1.44 bits per heavy atom. The third-order valence-electron chi connectivity index (χ3n) is 2.64. The summed E-state index contributed by atoms with van der Waals surface area (Å²) >= 11 is 0. The first-order chi connectivity index (χ1) is 8.76. The summed E-state index contributed by atoms with van der Waals surface area (Å²) in [5.74, 6) is 0.934. The molecular formula is C15H21NO2. The van der Waals surface area contributed by atoms with Crippen LogP contribution in [0, 0.1) is 0 Å². The van der Waals surface area contributed by atoms with Crippen LogP contribution in [0.2, 0.25) is 0 Å². The van der Waals surface area contributed by atoms with Crippen molar-refractivity contribution in [2.45, 2.75) is 26.2 Å². The van der Waals surface area contributed by atoms with E-state index < -0.39 is 0 Å². The second-order valence-corrected chi connectivity index (χ2v) is 4.06. The maximum atomic E-state index is 11.6. The van der Waals surface area contributed by atoms with E-state index in [1.54, 1.807) is 7.11 Å². The monoisotopic (exact) mass is 247 g/mol. The van der Waals surface area contributed by atoms with E-state index >= 15 is 0 Å². The average molecular weight is 247 g/mol. The molecule has 0 fully saturated rings. The number of aryl methyl sites for hydroxylation is 1. The van der Waals surface area contributed by atoms with Gasteiger partial charge in [-0.2, -0.15) is 0 Å². The van der Waals surface area contributed by atoms with E-state index in [1.807, 2.05) is 43.3 Å². The number of carbonyl (C=O) groups is 1. The maximum Gasteiger partial charge on any atom is 0.220 e. The molecule has 3 heteroatoms. The van der Waals surface area contributed by atoms with Gasteiger partial charge in [-0.1, -0.05) is 24.3 Å². The normalized spacial score (nSPS) is 10.6. The summed E-state index contributed by atoms with van der Waals surface area (Å²) in [6.07, 6.45) is 6.18. The van der Waals surface area contributed by atoms with Gasteiger partial charge < -0.3 is 10.1 Å². The zero-order valence-electron chi connectivity index (χ0n) is 11.1. The highest BCUT2D eigenvalue weighted by Gasteiger charge is 2.02. The van der Waals surface area contributed by atoms with Crippen molar-refractivity contribution in [3.8, 4) is 5.75 Å². The summed E-state index contributed by atoms with van der Waals surface area (Å²) in [6, 6.07) is 7.82. The Hall–Kier alpha value is -1.77. The van der Waals surface area contributed by atoms with E-state index in [2.05, 4.69) is 5.32 Å². The topological polar surface area (TPSA) is 38.3 Å². The highest BCUT2D eigenvalue weighted by Crippen LogP contribution is 2.13. The molecule has 0 aliphatic heterocycles. The van der Waals surface area contributed by atoms with Gasteiger partial charge >= 0.3 is 0 Å². The number of hydrogen-bond donors (Lipinski definition) is 1. The molecule has 0 bridgehead atoms. The fraction of sp³-hybridized carbons (Fsp3) is 0.400. The molecule has 0 heterocycles. The van der Waals surface area contributed by atoms with Crippen LogP contribution in [0.4, 0.5) is 0 Å². The third kappa shape index (κ3) is 5.53. The molecule has 98 valence electrons. The number of allylic oxidation sites excluding steroid dienone is 1. The van der Waals surface area contributed by atoms with Crippen molar-refractivity contribution >= 4 is 5.91 Å². The van der Waals surface area contributed by atoms with E-state index in [9.17, 15) is 4.79 Å². The van der Waals surface area contributed by atoms with Crippen LogP contribution in [0.25, 0.3) is 0 Å². The minimum Gasteiger partial charge on any atom is -0.497 e. The average Bonchev–Trinajstić information content (AvgIpc) is 2.41. The fourth-order valence-corrected chi connectivity index (χ4v) is 1.64. The molecular weight excluding hydrogens is 226 g/mol. The lowest BCUT2D eigenvalue weighted by molar-refractivity contribution is -0.121. The van der Waals surface area contributed by atoms with Crippen molar-refractivity contribution in [2.24, 2.45) is 0 Å². The largest absolute Gasteiger partial charge is 0.497 e. The number of hydrogen-bond acceptors (Lipinski definition) is 2. The lowest BCUT2D eigenvalue weighted by atomic mass is 10.1. The number of amides is 1. The van der Waals surface area contributed by atoms with Crippen LogP contribution in [0.5, 0.6) is 5.75 Å². The summed E-state index contributed by atoms with van der Waals surface area (Å²) < 4.78 is 5.15. The zero-order valence-corrected chi connectivity index (χ0v) is 11.1. The van der Waals surface area contributed by atoms with E-state index in [0.717, 1.165) is 24.2 Å². The molecule has 1 aromatic carbocycles. The fourth-order valence-electron chi connectivity index (χ4n) is 1.64. The standard InChI is InChI=1S/C15H21NO2/c1-3-4-5-11-16-15(17)10-9-13-7-6-8-14(12-13)18-2/h3-4,6-8,12H,5,9-11H2,1-2H3,(H,16,17)/b4-3+. The second-order valence-electron chi connectivity index (χ2n) is 4.06. The van der Waals surface area contributed by atoms with E-state index in [1.165, 1.54) is 0 Å². The molecule has 0 aromatic heterocycles. The van der Waals surface area contributed by atoms with Crippen molar-refractivity contribution in [1.29, 1.82) is 0 Å². The van der Waals surface area contributed by atoms with Gasteiger partial charge in [-0.25, -0.2) is 0 Å². The summed E-state index contributed by atoms with van der Waals surface area (Å²) in [6.45, 7) is 2.69. The van der Waals surface area contributed by atoms with Gasteiger partial charge in [-0.15, -0.1) is 0 Å². The Labute approximate surface area is 109 Å². The number of nitrogens with one attached hydrogen (secondary N) is 1. The van der Waals surface area contributed by atoms with Gasteiger partial charge in [-0.3, -0.25) is 4.79 Å². The molecule has 1 rings (SSSR count). The quantitative estimate of drug-likeness (QED) is 0.594. The molecule has 1 N–H and O–H groups in total. The van der Waals surface area contributed by atoms with Crippen molar-refractivity contribution in [3.05, 3.63) is 42.0 Å². The van der Waals surface area contributed by atoms with E-state index in [4.69, 9.17) is 4.74 Å². The Kier molecular flexibility index (Phi) is 6.62. The van der Waals surface area contributed by atoms with Gasteiger partial charge in [-0.05, 0) is 37.5 Å². The molecule has 1 aromatic rings. The van der Waals surface area contributed by atoms with Gasteiger partial charge in [0.05, 0.1) is 7.11 Å². The van der Waals surface area contributed by atoms with Crippen molar-refractivity contribution in [1.82, 2.24) is 5.32 Å². The first-order valence-electron chi connectivity index (χ1n) is 6.27. The molecule has 0 spiro atoms. The van der Waals surface area contributed by atoms with Crippen LogP contribution in [0.15, 0.2) is 36.4 Å². The molecule has 0 saturated carbocycles. The van der Waals surface area contributed by atoms with Crippen molar-refractivity contribution in [2.75, 3.05) is 13.7 Å². The Morgan fingerprint density at radius 3 is 3.00 bits per heavy atom. The van der Waals surface area contributed by atoms with Crippen LogP contribution < -0.4 is 10.1 Å². The molecule has 0 aliphatic carbocycles. The molecule has 0 aliphatic rings. The number of carbonyl (C=O) groups excluding carboxylic acids is 1. The van der Waals surface area contributed by atoms with Gasteiger partial charge in [0, 0.05) is 13.0 Å². The molecule has 0 saturated heterocycles. The van der Waals surface area contributed by atoms with Crippen molar-refractivity contribution < 1.29 is 9.53 Å². The first kappa shape index (κ1) is 14.3. The maximum absolute atomic E-state index is 11.6. The molecule has 3 nitrogen and oxygen atoms in total. The van der Waals surface area contributed by atoms with Crippen LogP contribution >= 0.6 is 0 Å². The lowest BCUT2D eigenvalue weighted by Crippen LogP contribution is -2.24. The predicted molar refractivity (Wildman–Crippen MR) is 73.8 cm³/mol. The van der Waals surface area contributed by atoms with Crippen LogP contribution in [-0.2, 0) is 11.2 Å². The summed E-state index contributed by atoms with van der Waals surface area (Å²) in [5, 5.41) is 2.89. The van der Waals surface area contributed by atoms with Gasteiger partial charge in [0.15, 0.2) is 0 Å². The minimum atomic E-state index is 0.0994. The molecule has 1 amide bonds. The minimum absolute atomic E-state index is 0.0994. The van der Waals surface area contributed by atoms with Gasteiger partial charge in [0.2, 0.25) is 5.91 Å². The summed E-state index contributed by atoms with van der Waals surface area (Å²) in [4.78, 5) is 11.6. The summed E-state index contributed by atoms with van der Waals surface area (Å²) in [5.41, 5.74) is 1.12. The Bertz CT molecular complexity index is 399. The van der Waals surface area contributed by atoms with Gasteiger partial charge in [0.25, 0.3) is 0 Å². The molecule has 0 atom stereocenters. The van der Waals surface area contributed by atoms with E-state index in [0.29, 0.717) is 13.0 Å². The second kappa shape index (κ2) is 8.34. The highest BCUT2D eigenvalue weighted by atomic mass is 16.5. The number of methoxy groups -OCH3 is 1. The molecule has 0 radical (unpaired) electrons. The SMILES string of the molecule is C/C=C/CCNC(=O)CCc1cccc(OC)c1. The highest BCUT2D eigenvalue weighted by molar-refractivity contribution is 5.76. The van der Waals surface area contributed by atoms with Crippen LogP contribution in [0.1, 0.15) is 25.3 Å². The Balaban J connectivity index is 2.28. The number of benzene rings is 1. The molecule has 18 heavy (non-hydrogen) atoms. The van der Waals surface area contributed by atoms with Crippen LogP contribution in [-0.4, -0.2) is 19.6 Å². The summed E-state index contributed by atoms with van der Waals surface area (Å²) in [7, 11) is 1.65. The number of rotatable bonds is 7. The van der Waals surface area contributed by atoms with Gasteiger partial charge in [0.1, 0.15) is 5.75 Å². The van der Waals surface area contributed by atoms with E-state index in [-0.39, 0.29) is 5.91 Å². The number of ether oxygens (including phenoxy) is 1. The zero-order chi connectivity index (χ0) is 13.2. The first-order valence-corrected chi connectivity index (χ1v) is 6.27. The van der Waals surface area contributed by atoms with Crippen LogP contribution in [0.3, 0.4) is 0 Å². The van der Waals surface area contributed by atoms with Crippen molar-refractivity contribution in [3.63, 3.8) is 0 Å². The molecule has 0 unspecified atom stereocenters. The third-order valence-corrected chi connectivity index (χ3v) is 2.64. The predicted octanol–water partition coefficient (Wildman–Crippen LogP) is 2.71. The Morgan fingerprint density at radius 2 is 2.28 bits per heavy atom. The lowest BCUT2D eigenvalue weighted by Gasteiger charge is -2.05. The smallest absolute Gasteiger partial charge is 0.220 e.